The van der Waals surface area contributed by atoms with Crippen LogP contribution in [0.2, 0.25) is 0 Å². The number of hydrogen-bond donors (Lipinski definition) is 0. The molecule has 16 heteroatoms. The average molecular weight is 664 g/mol. The maximum Gasteiger partial charge on any atom is 0.420 e. The van der Waals surface area contributed by atoms with Crippen molar-refractivity contribution in [2.24, 2.45) is 5.92 Å². The summed E-state index contributed by atoms with van der Waals surface area (Å²) >= 11 is 0. The van der Waals surface area contributed by atoms with E-state index in [1.165, 1.54) is 20.8 Å². The van der Waals surface area contributed by atoms with Crippen molar-refractivity contribution >= 4 is 28.8 Å². The lowest BCUT2D eigenvalue weighted by Crippen LogP contribution is -2.32. The highest BCUT2D eigenvalue weighted by molar-refractivity contribution is 7.92. The predicted molar refractivity (Wildman–Crippen MR) is 146 cm³/mol. The molecule has 242 valence electrons. The number of halogens is 7. The lowest BCUT2D eigenvalue weighted by molar-refractivity contribution is -0.139. The van der Waals surface area contributed by atoms with Gasteiger partial charge in [0.25, 0.3) is 0 Å². The molecule has 0 fully saturated rings. The topological polar surface area (TPSA) is 82.1 Å². The zero-order chi connectivity index (χ0) is 32.4. The molecule has 2 aromatic carbocycles. The van der Waals surface area contributed by atoms with E-state index >= 15 is 4.39 Å². The van der Waals surface area contributed by atoms with Crippen LogP contribution < -0.4 is 9.64 Å². The highest BCUT2D eigenvalue weighted by Gasteiger charge is 2.45. The Hall–Kier alpha value is -2.35. The first-order chi connectivity index (χ1) is 19.8. The zero-order valence-corrected chi connectivity index (χ0v) is 25.5. The summed E-state index contributed by atoms with van der Waals surface area (Å²) in [5.41, 5.74) is -5.88. The Labute approximate surface area is 245 Å². The number of benzene rings is 2. The van der Waals surface area contributed by atoms with Crippen LogP contribution >= 0.6 is 7.60 Å². The minimum atomic E-state index is -5.11. The quantitative estimate of drug-likeness (QED) is 0.168. The fourth-order valence-corrected chi connectivity index (χ4v) is 7.86. The van der Waals surface area contributed by atoms with E-state index in [0.29, 0.717) is 19.1 Å². The summed E-state index contributed by atoms with van der Waals surface area (Å²) in [5.74, 6) is -6.56. The molecule has 0 spiro atoms. The predicted octanol–water partition coefficient (Wildman–Crippen LogP) is 8.15. The van der Waals surface area contributed by atoms with Gasteiger partial charge in [-0.25, -0.2) is 26.0 Å². The Balaban J connectivity index is 2.19. The van der Waals surface area contributed by atoms with E-state index in [1.807, 2.05) is 0 Å². The first-order valence-corrected chi connectivity index (χ1v) is 16.6. The van der Waals surface area contributed by atoms with Crippen molar-refractivity contribution in [3.8, 4) is 5.75 Å². The molecule has 1 heterocycles. The molecule has 0 aromatic heterocycles. The van der Waals surface area contributed by atoms with Gasteiger partial charge in [0.05, 0.1) is 35.0 Å². The van der Waals surface area contributed by atoms with Gasteiger partial charge in [0, 0.05) is 30.6 Å². The third-order valence-electron chi connectivity index (χ3n) is 6.78. The van der Waals surface area contributed by atoms with Gasteiger partial charge in [-0.15, -0.1) is 0 Å². The molecule has 0 amide bonds. The normalized spacial score (nSPS) is 19.9. The fraction of sp³-hybridized carbons (Fsp3) is 0.556. The molecule has 0 aliphatic carbocycles. The Bertz CT molecular complexity index is 1410. The Morgan fingerprint density at radius 3 is 2.14 bits per heavy atom. The van der Waals surface area contributed by atoms with E-state index in [-0.39, 0.29) is 18.9 Å². The molecule has 1 aliphatic rings. The second-order valence-corrected chi connectivity index (χ2v) is 14.7. The number of hydrogen-bond acceptors (Lipinski definition) is 7. The van der Waals surface area contributed by atoms with Gasteiger partial charge in [-0.1, -0.05) is 0 Å². The van der Waals surface area contributed by atoms with Crippen LogP contribution in [-0.4, -0.2) is 51.9 Å². The molecule has 43 heavy (non-hydrogen) atoms. The zero-order valence-electron chi connectivity index (χ0n) is 23.8. The van der Waals surface area contributed by atoms with Gasteiger partial charge in [-0.3, -0.25) is 4.57 Å². The molecule has 3 atom stereocenters. The van der Waals surface area contributed by atoms with E-state index in [1.54, 1.807) is 0 Å². The summed E-state index contributed by atoms with van der Waals surface area (Å²) in [5, 5.41) is 0. The first kappa shape index (κ1) is 35.1. The van der Waals surface area contributed by atoms with Crippen LogP contribution in [0.15, 0.2) is 41.3 Å². The van der Waals surface area contributed by atoms with Crippen LogP contribution in [0.3, 0.4) is 0 Å². The molecule has 1 aliphatic heterocycles. The van der Waals surface area contributed by atoms with Crippen LogP contribution in [0.4, 0.5) is 42.1 Å². The fourth-order valence-electron chi connectivity index (χ4n) is 4.60. The molecule has 0 N–H and O–H groups in total. The first-order valence-electron chi connectivity index (χ1n) is 13.4. The molecule has 0 bridgehead atoms. The van der Waals surface area contributed by atoms with Gasteiger partial charge < -0.3 is 18.7 Å². The molecule has 0 unspecified atom stereocenters. The number of ether oxygens (including phenoxy) is 1. The lowest BCUT2D eigenvalue weighted by Gasteiger charge is -2.29. The standard InChI is InChI=1S/C27H33F7NO6PS/c1-5-40-42(36,41-6-2)17(3)16-39-23-14-24-22(13-21(23)27(32,33)34)35(20-9-7-19(28)8-10-20)15-18(11-12-26(4,30)31)25(29)43(24,37)38/h7-10,13-14,17-18,25H,5-6,11-12,15-16H2,1-4H3/t17-,18+,25-/m0/s1. The van der Waals surface area contributed by atoms with Crippen LogP contribution in [0, 0.1) is 11.7 Å². The van der Waals surface area contributed by atoms with E-state index < -0.39 is 100 Å². The lowest BCUT2D eigenvalue weighted by atomic mass is 10.00. The largest absolute Gasteiger partial charge is 0.492 e. The summed E-state index contributed by atoms with van der Waals surface area (Å²) in [6, 6.07) is 5.21. The van der Waals surface area contributed by atoms with Crippen LogP contribution in [0.5, 0.6) is 5.75 Å². The third-order valence-corrected chi connectivity index (χ3v) is 11.2. The number of nitrogens with zero attached hydrogens (tertiary/aromatic N) is 1. The minimum absolute atomic E-state index is 0.00462. The smallest absolute Gasteiger partial charge is 0.420 e. The second-order valence-electron chi connectivity index (χ2n) is 10.2. The van der Waals surface area contributed by atoms with Crippen molar-refractivity contribution in [1.29, 1.82) is 0 Å². The molecule has 2 aromatic rings. The molecule has 7 nitrogen and oxygen atoms in total. The highest BCUT2D eigenvalue weighted by atomic mass is 32.2. The summed E-state index contributed by atoms with van der Waals surface area (Å²) in [6.45, 7) is 3.67. The monoisotopic (exact) mass is 663 g/mol. The van der Waals surface area contributed by atoms with Crippen molar-refractivity contribution in [2.45, 2.75) is 68.7 Å². The summed E-state index contributed by atoms with van der Waals surface area (Å²) < 4.78 is 156. The number of rotatable bonds is 12. The van der Waals surface area contributed by atoms with Gasteiger partial charge >= 0.3 is 13.8 Å². The number of fused-ring (bicyclic) bond motifs is 1. The molecule has 0 saturated carbocycles. The number of anilines is 2. The molecular weight excluding hydrogens is 630 g/mol. The van der Waals surface area contributed by atoms with Gasteiger partial charge in [0.15, 0.2) is 0 Å². The van der Waals surface area contributed by atoms with Crippen molar-refractivity contribution in [3.05, 3.63) is 47.8 Å². The van der Waals surface area contributed by atoms with E-state index in [0.717, 1.165) is 29.2 Å². The average Bonchev–Trinajstić information content (AvgIpc) is 2.98. The van der Waals surface area contributed by atoms with E-state index in [2.05, 4.69) is 0 Å². The molecule has 0 saturated heterocycles. The second kappa shape index (κ2) is 13.3. The van der Waals surface area contributed by atoms with Crippen LogP contribution in [0.25, 0.3) is 0 Å². The number of alkyl halides is 6. The van der Waals surface area contributed by atoms with Crippen molar-refractivity contribution in [2.75, 3.05) is 31.3 Å². The minimum Gasteiger partial charge on any atom is -0.492 e. The SMILES string of the molecule is CCOP(=O)(OCC)[C@@H](C)COc1cc2c(cc1C(F)(F)F)N(c1ccc(F)cc1)C[C@@H](CCC(C)(F)F)[C@@H](F)S2(=O)=O. The van der Waals surface area contributed by atoms with E-state index in [4.69, 9.17) is 13.8 Å². The van der Waals surface area contributed by atoms with Crippen LogP contribution in [0.1, 0.15) is 46.1 Å². The van der Waals surface area contributed by atoms with Crippen molar-refractivity contribution in [3.63, 3.8) is 0 Å². The Morgan fingerprint density at radius 2 is 1.63 bits per heavy atom. The summed E-state index contributed by atoms with van der Waals surface area (Å²) in [7, 11) is -8.91. The summed E-state index contributed by atoms with van der Waals surface area (Å²) in [6.07, 6.45) is -6.62. The van der Waals surface area contributed by atoms with Gasteiger partial charge in [0.1, 0.15) is 18.2 Å². The molecule has 3 rings (SSSR count). The van der Waals surface area contributed by atoms with Crippen molar-refractivity contribution < 1.29 is 57.5 Å². The maximum absolute atomic E-state index is 15.7. The highest BCUT2D eigenvalue weighted by Crippen LogP contribution is 2.53. The molecular formula is C27H33F7NO6PS. The molecule has 0 radical (unpaired) electrons. The van der Waals surface area contributed by atoms with Gasteiger partial charge in [0.2, 0.25) is 21.3 Å². The summed E-state index contributed by atoms with van der Waals surface area (Å²) in [4.78, 5) is 0.147. The maximum atomic E-state index is 15.7. The van der Waals surface area contributed by atoms with Gasteiger partial charge in [-0.05, 0) is 64.4 Å². The Kier molecular flexibility index (Phi) is 10.9. The number of sulfone groups is 1. The van der Waals surface area contributed by atoms with E-state index in [9.17, 15) is 39.3 Å². The van der Waals surface area contributed by atoms with Crippen molar-refractivity contribution in [1.82, 2.24) is 0 Å². The van der Waals surface area contributed by atoms with Gasteiger partial charge in [-0.2, -0.15) is 13.2 Å². The third kappa shape index (κ3) is 8.23. The van der Waals surface area contributed by atoms with Crippen LogP contribution in [-0.2, 0) is 29.6 Å². The Morgan fingerprint density at radius 1 is 1.05 bits per heavy atom.